The fourth-order valence-electron chi connectivity index (χ4n) is 1.68. The Hall–Kier alpha value is -0.960. The zero-order chi connectivity index (χ0) is 15.0. The molecule has 0 aromatic carbocycles. The molecule has 0 aliphatic carbocycles. The molecule has 20 heavy (non-hydrogen) atoms. The van der Waals surface area contributed by atoms with Gasteiger partial charge in [-0.05, 0) is 25.9 Å². The fourth-order valence-corrected chi connectivity index (χ4v) is 2.58. The molecule has 0 aliphatic rings. The van der Waals surface area contributed by atoms with Crippen LogP contribution in [0.5, 0.6) is 0 Å². The Balaban J connectivity index is 2.34. The topological polar surface area (TPSA) is 79.3 Å². The van der Waals surface area contributed by atoms with Gasteiger partial charge in [0.1, 0.15) is 5.82 Å². The molecule has 0 unspecified atom stereocenters. The van der Waals surface area contributed by atoms with Crippen molar-refractivity contribution in [3.05, 3.63) is 18.2 Å². The van der Waals surface area contributed by atoms with Gasteiger partial charge in [0.2, 0.25) is 0 Å². The average Bonchev–Trinajstić information content (AvgIpc) is 2.81. The highest BCUT2D eigenvalue weighted by molar-refractivity contribution is 7.87. The molecule has 116 valence electrons. The number of aromatic nitrogens is 2. The van der Waals surface area contributed by atoms with Crippen molar-refractivity contribution in [3.8, 4) is 0 Å². The van der Waals surface area contributed by atoms with Crippen LogP contribution in [-0.2, 0) is 23.8 Å². The van der Waals surface area contributed by atoms with E-state index < -0.39 is 10.2 Å². The summed E-state index contributed by atoms with van der Waals surface area (Å²) in [5.74, 6) is 0.687. The van der Waals surface area contributed by atoms with E-state index in [-0.39, 0.29) is 6.54 Å². The van der Waals surface area contributed by atoms with E-state index in [1.807, 2.05) is 7.05 Å². The van der Waals surface area contributed by atoms with Gasteiger partial charge >= 0.3 is 0 Å². The third-order valence-electron chi connectivity index (χ3n) is 3.00. The van der Waals surface area contributed by atoms with Crippen molar-refractivity contribution in [3.63, 3.8) is 0 Å². The van der Waals surface area contributed by atoms with Gasteiger partial charge in [-0.3, -0.25) is 0 Å². The summed E-state index contributed by atoms with van der Waals surface area (Å²) in [6.45, 7) is 4.59. The van der Waals surface area contributed by atoms with E-state index in [0.29, 0.717) is 12.4 Å². The van der Waals surface area contributed by atoms with Crippen molar-refractivity contribution in [1.82, 2.24) is 23.9 Å². The smallest absolute Gasteiger partial charge is 0.279 e. The molecule has 2 N–H and O–H groups in total. The van der Waals surface area contributed by atoms with Crippen molar-refractivity contribution in [1.29, 1.82) is 0 Å². The lowest BCUT2D eigenvalue weighted by atomic mass is 10.4. The summed E-state index contributed by atoms with van der Waals surface area (Å²) in [6, 6.07) is 0. The predicted molar refractivity (Wildman–Crippen MR) is 79.4 cm³/mol. The van der Waals surface area contributed by atoms with Crippen molar-refractivity contribution in [2.45, 2.75) is 26.3 Å². The zero-order valence-electron chi connectivity index (χ0n) is 12.5. The molecular formula is C12H25N5O2S. The Morgan fingerprint density at radius 1 is 1.40 bits per heavy atom. The molecule has 0 saturated carbocycles. The van der Waals surface area contributed by atoms with Crippen LogP contribution in [0.2, 0.25) is 0 Å². The normalized spacial score (nSPS) is 12.2. The standard InChI is InChI=1S/C12H25N5O2S/c1-4-6-13-7-5-9-17(3)20(18,19)15-11-12-14-8-10-16(12)2/h8,10,13,15H,4-7,9,11H2,1-3H3. The Morgan fingerprint density at radius 3 is 2.75 bits per heavy atom. The van der Waals surface area contributed by atoms with Crippen LogP contribution in [0.25, 0.3) is 0 Å². The summed E-state index contributed by atoms with van der Waals surface area (Å²) in [7, 11) is -0.0267. The van der Waals surface area contributed by atoms with Crippen LogP contribution < -0.4 is 10.0 Å². The van der Waals surface area contributed by atoms with Gasteiger partial charge in [0.25, 0.3) is 10.2 Å². The summed E-state index contributed by atoms with van der Waals surface area (Å²) in [4.78, 5) is 4.08. The Bertz CT molecular complexity index is 486. The van der Waals surface area contributed by atoms with Crippen LogP contribution in [0, 0.1) is 0 Å². The lowest BCUT2D eigenvalue weighted by molar-refractivity contribution is 0.443. The second-order valence-electron chi connectivity index (χ2n) is 4.71. The van der Waals surface area contributed by atoms with Crippen molar-refractivity contribution in [2.75, 3.05) is 26.7 Å². The minimum Gasteiger partial charge on any atom is -0.337 e. The maximum Gasteiger partial charge on any atom is 0.279 e. The molecule has 1 heterocycles. The number of imidazole rings is 1. The van der Waals surface area contributed by atoms with E-state index in [2.05, 4.69) is 21.9 Å². The van der Waals surface area contributed by atoms with Gasteiger partial charge in [-0.25, -0.2) is 4.98 Å². The lowest BCUT2D eigenvalue weighted by Gasteiger charge is -2.17. The second-order valence-corrected chi connectivity index (χ2v) is 6.57. The van der Waals surface area contributed by atoms with E-state index in [9.17, 15) is 8.42 Å². The van der Waals surface area contributed by atoms with Crippen LogP contribution in [0.1, 0.15) is 25.6 Å². The van der Waals surface area contributed by atoms with Gasteiger partial charge in [0, 0.05) is 33.0 Å². The lowest BCUT2D eigenvalue weighted by Crippen LogP contribution is -2.39. The van der Waals surface area contributed by atoms with Gasteiger partial charge in [-0.2, -0.15) is 17.4 Å². The molecule has 1 aromatic heterocycles. The summed E-state index contributed by atoms with van der Waals surface area (Å²) >= 11 is 0. The van der Waals surface area contributed by atoms with Crippen LogP contribution in [0.3, 0.4) is 0 Å². The minimum absolute atomic E-state index is 0.199. The molecule has 0 radical (unpaired) electrons. The summed E-state index contributed by atoms with van der Waals surface area (Å²) in [5, 5.41) is 3.25. The van der Waals surface area contributed by atoms with Crippen LogP contribution in [-0.4, -0.2) is 49.0 Å². The van der Waals surface area contributed by atoms with E-state index in [1.165, 1.54) is 4.31 Å². The molecule has 0 spiro atoms. The highest BCUT2D eigenvalue weighted by Crippen LogP contribution is 1.99. The monoisotopic (exact) mass is 303 g/mol. The molecule has 7 nitrogen and oxygen atoms in total. The minimum atomic E-state index is -3.44. The third-order valence-corrected chi connectivity index (χ3v) is 4.51. The Morgan fingerprint density at radius 2 is 2.15 bits per heavy atom. The molecule has 1 aromatic rings. The first kappa shape index (κ1) is 17.1. The van der Waals surface area contributed by atoms with Gasteiger partial charge in [0.05, 0.1) is 6.54 Å². The van der Waals surface area contributed by atoms with Crippen molar-refractivity contribution < 1.29 is 8.42 Å². The first-order valence-corrected chi connectivity index (χ1v) is 8.29. The molecule has 8 heteroatoms. The summed E-state index contributed by atoms with van der Waals surface area (Å²) < 4.78 is 29.7. The zero-order valence-corrected chi connectivity index (χ0v) is 13.3. The second kappa shape index (κ2) is 8.35. The summed E-state index contributed by atoms with van der Waals surface area (Å²) in [6.07, 6.45) is 5.30. The highest BCUT2D eigenvalue weighted by Gasteiger charge is 2.17. The van der Waals surface area contributed by atoms with Gasteiger partial charge in [-0.15, -0.1) is 0 Å². The van der Waals surface area contributed by atoms with Crippen LogP contribution in [0.4, 0.5) is 0 Å². The molecular weight excluding hydrogens is 278 g/mol. The molecule has 0 bridgehead atoms. The number of hydrogen-bond acceptors (Lipinski definition) is 4. The molecule has 0 aliphatic heterocycles. The van der Waals surface area contributed by atoms with Crippen LogP contribution in [0.15, 0.2) is 12.4 Å². The van der Waals surface area contributed by atoms with Crippen molar-refractivity contribution in [2.24, 2.45) is 7.05 Å². The maximum atomic E-state index is 12.0. The van der Waals surface area contributed by atoms with E-state index >= 15 is 0 Å². The summed E-state index contributed by atoms with van der Waals surface area (Å²) in [5.41, 5.74) is 0. The van der Waals surface area contributed by atoms with Gasteiger partial charge < -0.3 is 9.88 Å². The van der Waals surface area contributed by atoms with E-state index in [4.69, 9.17) is 0 Å². The number of nitrogens with zero attached hydrogens (tertiary/aromatic N) is 3. The first-order chi connectivity index (χ1) is 9.47. The van der Waals surface area contributed by atoms with E-state index in [1.54, 1.807) is 24.0 Å². The SMILES string of the molecule is CCCNCCCN(C)S(=O)(=O)NCc1nccn1C. The number of nitrogens with one attached hydrogen (secondary N) is 2. The fraction of sp³-hybridized carbons (Fsp3) is 0.750. The molecule has 1 rings (SSSR count). The van der Waals surface area contributed by atoms with Gasteiger partial charge in [-0.1, -0.05) is 6.92 Å². The first-order valence-electron chi connectivity index (χ1n) is 6.85. The Kier molecular flexibility index (Phi) is 7.14. The Labute approximate surface area is 121 Å². The molecule has 0 amide bonds. The molecule has 0 atom stereocenters. The molecule has 0 saturated heterocycles. The van der Waals surface area contributed by atoms with Crippen molar-refractivity contribution >= 4 is 10.2 Å². The average molecular weight is 303 g/mol. The van der Waals surface area contributed by atoms with Gasteiger partial charge in [0.15, 0.2) is 0 Å². The third kappa shape index (κ3) is 5.58. The molecule has 0 fully saturated rings. The number of rotatable bonds is 10. The highest BCUT2D eigenvalue weighted by atomic mass is 32.2. The van der Waals surface area contributed by atoms with Crippen LogP contribution >= 0.6 is 0 Å². The number of aryl methyl sites for hydroxylation is 1. The largest absolute Gasteiger partial charge is 0.337 e. The maximum absolute atomic E-state index is 12.0. The van der Waals surface area contributed by atoms with E-state index in [0.717, 1.165) is 25.9 Å². The number of hydrogen-bond donors (Lipinski definition) is 2. The quantitative estimate of drug-likeness (QED) is 0.600. The predicted octanol–water partition coefficient (Wildman–Crippen LogP) is 0.0760.